The minimum atomic E-state index is -4.86. The number of ether oxygens (including phenoxy) is 2. The largest absolute Gasteiger partial charge is 0.597 e. The minimum Gasteiger partial charge on any atom is -0.597 e. The van der Waals surface area contributed by atoms with E-state index in [1.807, 2.05) is 0 Å². The molecule has 2 aliphatic heterocycles. The molecule has 258 valence electrons. The SMILES string of the molecule is O=[S+]([O-])(C1CCCC(OC(F)(F)F)C1)N1CCC(NC2NC(NC3CCCC(C(F)(F)F)C3)NC(OCC(F)(F)F)N2)CC1. The van der Waals surface area contributed by atoms with Gasteiger partial charge in [-0.3, -0.25) is 31.3 Å². The van der Waals surface area contributed by atoms with Gasteiger partial charge in [-0.05, 0) is 51.4 Å². The summed E-state index contributed by atoms with van der Waals surface area (Å²) >= 11 is 0. The van der Waals surface area contributed by atoms with Gasteiger partial charge in [-0.25, -0.2) is 0 Å². The van der Waals surface area contributed by atoms with Crippen LogP contribution in [0.4, 0.5) is 39.5 Å². The summed E-state index contributed by atoms with van der Waals surface area (Å²) in [5.74, 6) is -1.49. The van der Waals surface area contributed by atoms with Gasteiger partial charge in [-0.2, -0.15) is 26.3 Å². The lowest BCUT2D eigenvalue weighted by atomic mass is 9.85. The van der Waals surface area contributed by atoms with Crippen molar-refractivity contribution in [1.82, 2.24) is 30.9 Å². The molecule has 2 saturated heterocycles. The Hall–Kier alpha value is -0.840. The molecule has 0 spiro atoms. The number of alkyl halides is 9. The molecule has 10 nitrogen and oxygen atoms in total. The fourth-order valence-electron chi connectivity index (χ4n) is 6.35. The van der Waals surface area contributed by atoms with Crippen molar-refractivity contribution >= 4 is 10.4 Å². The Morgan fingerprint density at radius 3 is 2.00 bits per heavy atom. The van der Waals surface area contributed by atoms with Crippen LogP contribution in [0.5, 0.6) is 0 Å². The van der Waals surface area contributed by atoms with E-state index in [0.29, 0.717) is 25.7 Å². The van der Waals surface area contributed by atoms with Crippen LogP contribution in [0.25, 0.3) is 0 Å². The van der Waals surface area contributed by atoms with E-state index in [4.69, 9.17) is 4.74 Å². The highest BCUT2D eigenvalue weighted by Gasteiger charge is 2.46. The van der Waals surface area contributed by atoms with Crippen LogP contribution >= 0.6 is 0 Å². The Morgan fingerprint density at radius 1 is 0.795 bits per heavy atom. The second kappa shape index (κ2) is 14.5. The first-order valence-corrected chi connectivity index (χ1v) is 16.2. The molecule has 0 aromatic heterocycles. The maximum atomic E-state index is 13.3. The van der Waals surface area contributed by atoms with Gasteiger partial charge in [0.05, 0.1) is 12.0 Å². The maximum absolute atomic E-state index is 13.3. The van der Waals surface area contributed by atoms with E-state index in [0.717, 1.165) is 0 Å². The number of hydrogen-bond donors (Lipinski definition) is 5. The predicted molar refractivity (Wildman–Crippen MR) is 137 cm³/mol. The predicted octanol–water partition coefficient (Wildman–Crippen LogP) is 3.36. The average molecular weight is 679 g/mol. The zero-order chi connectivity index (χ0) is 32.3. The van der Waals surface area contributed by atoms with Crippen molar-refractivity contribution in [3.8, 4) is 0 Å². The van der Waals surface area contributed by atoms with Crippen molar-refractivity contribution in [2.24, 2.45) is 5.92 Å². The van der Waals surface area contributed by atoms with E-state index < -0.39 is 78.0 Å². The molecule has 2 aliphatic carbocycles. The molecule has 44 heavy (non-hydrogen) atoms. The van der Waals surface area contributed by atoms with Gasteiger partial charge in [-0.1, -0.05) is 10.6 Å². The van der Waals surface area contributed by atoms with Crippen LogP contribution in [0.1, 0.15) is 64.2 Å². The molecule has 0 bridgehead atoms. The van der Waals surface area contributed by atoms with Crippen molar-refractivity contribution in [2.45, 2.75) is 125 Å². The standard InChI is InChI=1S/C24H39F9N6O4S/c25-22(26,27)13-42-21-37-19(36-20(38-21)35-16-4-1-3-14(11-16)23(28,29)30)34-15-7-9-39(10-8-15)44(40,41)18-6-2-5-17(12-18)43-24(31,32)33/h14-21,34-38H,1-13H2. The van der Waals surface area contributed by atoms with Crippen LogP contribution in [-0.2, 0) is 24.1 Å². The lowest BCUT2D eigenvalue weighted by Crippen LogP contribution is -2.76. The molecule has 0 radical (unpaired) electrons. The average Bonchev–Trinajstić information content (AvgIpc) is 2.91. The molecule has 20 heteroatoms. The van der Waals surface area contributed by atoms with E-state index >= 15 is 0 Å². The fourth-order valence-corrected chi connectivity index (χ4v) is 8.41. The van der Waals surface area contributed by atoms with Gasteiger partial charge in [0, 0.05) is 31.6 Å². The highest BCUT2D eigenvalue weighted by Crippen LogP contribution is 2.38. The minimum absolute atomic E-state index is 0.00728. The second-order valence-corrected chi connectivity index (χ2v) is 14.0. The van der Waals surface area contributed by atoms with Crippen LogP contribution in [-0.4, -0.2) is 89.6 Å². The smallest absolute Gasteiger partial charge is 0.522 e. The van der Waals surface area contributed by atoms with Gasteiger partial charge < -0.3 is 9.29 Å². The maximum Gasteiger partial charge on any atom is 0.522 e. The second-order valence-electron chi connectivity index (χ2n) is 11.8. The fraction of sp³-hybridized carbons (Fsp3) is 1.00. The Morgan fingerprint density at radius 2 is 1.41 bits per heavy atom. The van der Waals surface area contributed by atoms with E-state index in [9.17, 15) is 48.3 Å². The van der Waals surface area contributed by atoms with Crippen molar-refractivity contribution < 1.29 is 57.7 Å². The summed E-state index contributed by atoms with van der Waals surface area (Å²) in [5.41, 5.74) is 0. The van der Waals surface area contributed by atoms with Crippen LogP contribution < -0.4 is 26.6 Å². The monoisotopic (exact) mass is 678 g/mol. The molecule has 2 saturated carbocycles. The summed E-state index contributed by atoms with van der Waals surface area (Å²) in [7, 11) is -3.90. The third kappa shape index (κ3) is 10.9. The van der Waals surface area contributed by atoms with Crippen molar-refractivity contribution in [1.29, 1.82) is 0 Å². The first kappa shape index (κ1) is 36.0. The number of nitrogens with zero attached hydrogens (tertiary/aromatic N) is 1. The van der Waals surface area contributed by atoms with Crippen molar-refractivity contribution in [3.05, 3.63) is 0 Å². The van der Waals surface area contributed by atoms with Crippen LogP contribution in [0.3, 0.4) is 0 Å². The van der Waals surface area contributed by atoms with Gasteiger partial charge in [0.2, 0.25) is 0 Å². The van der Waals surface area contributed by atoms with Crippen molar-refractivity contribution in [2.75, 3.05) is 19.7 Å². The van der Waals surface area contributed by atoms with Gasteiger partial charge in [0.25, 0.3) is 0 Å². The van der Waals surface area contributed by atoms with E-state index in [1.165, 1.54) is 4.31 Å². The molecule has 0 amide bonds. The summed E-state index contributed by atoms with van der Waals surface area (Å²) in [6.45, 7) is -1.44. The van der Waals surface area contributed by atoms with Gasteiger partial charge >= 0.3 is 18.7 Å². The quantitative estimate of drug-likeness (QED) is 0.185. The van der Waals surface area contributed by atoms with Crippen LogP contribution in [0, 0.1) is 5.92 Å². The summed E-state index contributed by atoms with van der Waals surface area (Å²) in [4.78, 5) is 0. The molecular weight excluding hydrogens is 639 g/mol. The number of piperidine rings is 1. The van der Waals surface area contributed by atoms with Crippen LogP contribution in [0.2, 0.25) is 0 Å². The molecule has 8 unspecified atom stereocenters. The number of halogens is 9. The topological polar surface area (TPSA) is 122 Å². The first-order valence-electron chi connectivity index (χ1n) is 14.7. The molecular formula is C24H39F9N6O4S. The lowest BCUT2D eigenvalue weighted by molar-refractivity contribution is -0.345. The zero-order valence-electron chi connectivity index (χ0n) is 23.7. The van der Waals surface area contributed by atoms with E-state index in [2.05, 4.69) is 31.3 Å². The third-order valence-electron chi connectivity index (χ3n) is 8.44. The van der Waals surface area contributed by atoms with Gasteiger partial charge in [-0.15, -0.1) is 17.5 Å². The molecule has 4 rings (SSSR count). The zero-order valence-corrected chi connectivity index (χ0v) is 24.5. The van der Waals surface area contributed by atoms with E-state index in [1.54, 1.807) is 0 Å². The van der Waals surface area contributed by atoms with Crippen LogP contribution in [0.15, 0.2) is 0 Å². The molecule has 2 heterocycles. The Balaban J connectivity index is 1.31. The summed E-state index contributed by atoms with van der Waals surface area (Å²) in [6.07, 6.45) is -16.6. The molecule has 0 aromatic carbocycles. The number of nitrogens with one attached hydrogen (secondary N) is 5. The highest BCUT2D eigenvalue weighted by atomic mass is 32.3. The molecule has 5 N–H and O–H groups in total. The number of sulfonamides is 1. The summed E-state index contributed by atoms with van der Waals surface area (Å²) < 4.78 is 153. The summed E-state index contributed by atoms with van der Waals surface area (Å²) in [5, 5.41) is 13.7. The normalized spacial score (nSPS) is 35.4. The van der Waals surface area contributed by atoms with Gasteiger partial charge in [0.15, 0.2) is 6.35 Å². The molecule has 8 atom stereocenters. The Labute approximate surface area is 250 Å². The van der Waals surface area contributed by atoms with E-state index in [-0.39, 0.29) is 57.7 Å². The number of hydrogen-bond acceptors (Lipinski definition) is 9. The first-order chi connectivity index (χ1) is 20.4. The lowest BCUT2D eigenvalue weighted by Gasteiger charge is -2.44. The molecule has 4 fully saturated rings. The van der Waals surface area contributed by atoms with Crippen molar-refractivity contribution in [3.63, 3.8) is 0 Å². The third-order valence-corrected chi connectivity index (χ3v) is 10.8. The molecule has 0 aromatic rings. The highest BCUT2D eigenvalue weighted by molar-refractivity contribution is 7.96. The Kier molecular flexibility index (Phi) is 11.9. The number of rotatable bonds is 9. The summed E-state index contributed by atoms with van der Waals surface area (Å²) in [6, 6.07) is -0.873. The van der Waals surface area contributed by atoms with Gasteiger partial charge in [0.1, 0.15) is 34.8 Å². The Bertz CT molecular complexity index is 970. The molecule has 4 aliphatic rings.